The Kier molecular flexibility index (Phi) is 10.8. The molecular formula is C25H32N2O9. The summed E-state index contributed by atoms with van der Waals surface area (Å²) in [6, 6.07) is 14.0. The van der Waals surface area contributed by atoms with Gasteiger partial charge in [-0.05, 0) is 30.5 Å². The topological polar surface area (TPSA) is 178 Å². The zero-order valence-electron chi connectivity index (χ0n) is 20.0. The van der Waals surface area contributed by atoms with Crippen LogP contribution in [0.15, 0.2) is 48.7 Å². The van der Waals surface area contributed by atoms with Crippen molar-refractivity contribution in [2.45, 2.75) is 51.0 Å². The van der Waals surface area contributed by atoms with Crippen LogP contribution in [-0.4, -0.2) is 78.1 Å². The molecule has 1 aliphatic rings. The first-order valence-corrected chi connectivity index (χ1v) is 11.4. The number of carbonyl (C=O) groups is 3. The van der Waals surface area contributed by atoms with Gasteiger partial charge in [-0.15, -0.1) is 0 Å². The lowest BCUT2D eigenvalue weighted by atomic mass is 9.96. The van der Waals surface area contributed by atoms with Gasteiger partial charge in [-0.25, -0.2) is 4.79 Å². The molecule has 2 heterocycles. The van der Waals surface area contributed by atoms with Crippen LogP contribution in [0.25, 0.3) is 0 Å². The van der Waals surface area contributed by atoms with Gasteiger partial charge >= 0.3 is 17.9 Å². The van der Waals surface area contributed by atoms with Gasteiger partial charge in [0, 0.05) is 31.4 Å². The fourth-order valence-corrected chi connectivity index (χ4v) is 3.73. The van der Waals surface area contributed by atoms with Crippen molar-refractivity contribution < 1.29 is 44.7 Å². The molecule has 0 amide bonds. The number of aliphatic hydroxyl groups is 2. The van der Waals surface area contributed by atoms with E-state index in [4.69, 9.17) is 25.2 Å². The number of aromatic nitrogens is 1. The number of aliphatic carboxylic acids is 3. The Bertz CT molecular complexity index is 1000. The van der Waals surface area contributed by atoms with Crippen LogP contribution < -0.4 is 4.74 Å². The van der Waals surface area contributed by atoms with Gasteiger partial charge in [0.1, 0.15) is 12.4 Å². The Morgan fingerprint density at radius 3 is 2.25 bits per heavy atom. The lowest BCUT2D eigenvalue weighted by Gasteiger charge is -2.34. The van der Waals surface area contributed by atoms with E-state index in [1.165, 1.54) is 5.56 Å². The van der Waals surface area contributed by atoms with Crippen LogP contribution >= 0.6 is 0 Å². The van der Waals surface area contributed by atoms with Crippen molar-refractivity contribution in [3.8, 4) is 5.75 Å². The maximum atomic E-state index is 10.3. The highest BCUT2D eigenvalue weighted by Crippen LogP contribution is 2.24. The van der Waals surface area contributed by atoms with Gasteiger partial charge in [0.05, 0.1) is 24.6 Å². The van der Waals surface area contributed by atoms with Crippen LogP contribution in [0.3, 0.4) is 0 Å². The maximum absolute atomic E-state index is 10.3. The van der Waals surface area contributed by atoms with Gasteiger partial charge in [0.15, 0.2) is 5.60 Å². The Hall–Kier alpha value is -3.54. The van der Waals surface area contributed by atoms with Crippen molar-refractivity contribution >= 4 is 17.9 Å². The predicted octanol–water partition coefficient (Wildman–Crippen LogP) is 1.61. The molecule has 0 spiro atoms. The van der Waals surface area contributed by atoms with Gasteiger partial charge in [-0.3, -0.25) is 19.5 Å². The van der Waals surface area contributed by atoms with Crippen LogP contribution in [0.5, 0.6) is 5.75 Å². The number of ether oxygens (including phenoxy) is 1. The quantitative estimate of drug-likeness (QED) is 0.317. The predicted molar refractivity (Wildman–Crippen MR) is 127 cm³/mol. The highest BCUT2D eigenvalue weighted by atomic mass is 16.5. The SMILES string of the molecule is CC1CN(Cc2ccccc2OCc2ccccn2)CCC1O.O=C(O)CC(O)(CC(=O)O)C(=O)O. The minimum absolute atomic E-state index is 0.165. The highest BCUT2D eigenvalue weighted by molar-refractivity contribution is 5.88. The summed E-state index contributed by atoms with van der Waals surface area (Å²) in [6.45, 7) is 5.30. The summed E-state index contributed by atoms with van der Waals surface area (Å²) >= 11 is 0. The molecule has 2 unspecified atom stereocenters. The number of likely N-dealkylation sites (tertiary alicyclic amines) is 1. The molecule has 36 heavy (non-hydrogen) atoms. The molecule has 2 aromatic rings. The number of piperidine rings is 1. The number of carboxylic acid groups (broad SMARTS) is 3. The van der Waals surface area contributed by atoms with Crippen LogP contribution in [-0.2, 0) is 27.5 Å². The lowest BCUT2D eigenvalue weighted by molar-refractivity contribution is -0.170. The lowest BCUT2D eigenvalue weighted by Crippen LogP contribution is -2.42. The summed E-state index contributed by atoms with van der Waals surface area (Å²) in [5.41, 5.74) is -0.624. The second-order valence-electron chi connectivity index (χ2n) is 8.76. The van der Waals surface area contributed by atoms with Crippen molar-refractivity contribution in [1.29, 1.82) is 0 Å². The Morgan fingerprint density at radius 2 is 1.69 bits per heavy atom. The van der Waals surface area contributed by atoms with Crippen molar-refractivity contribution in [3.05, 3.63) is 59.9 Å². The van der Waals surface area contributed by atoms with Crippen molar-refractivity contribution in [2.24, 2.45) is 5.92 Å². The van der Waals surface area contributed by atoms with Crippen LogP contribution in [0, 0.1) is 5.92 Å². The van der Waals surface area contributed by atoms with Crippen LogP contribution in [0.1, 0.15) is 37.4 Å². The molecule has 3 rings (SSSR count). The summed E-state index contributed by atoms with van der Waals surface area (Å²) in [5, 5.41) is 43.7. The van der Waals surface area contributed by atoms with E-state index in [1.807, 2.05) is 36.4 Å². The molecule has 1 aromatic carbocycles. The number of hydrogen-bond acceptors (Lipinski definition) is 8. The normalized spacial score (nSPS) is 18.0. The number of nitrogens with zero attached hydrogens (tertiary/aromatic N) is 2. The van der Waals surface area contributed by atoms with E-state index < -0.39 is 36.4 Å². The Labute approximate surface area is 208 Å². The number of hydrogen-bond donors (Lipinski definition) is 5. The van der Waals surface area contributed by atoms with Crippen molar-refractivity contribution in [2.75, 3.05) is 13.1 Å². The van der Waals surface area contributed by atoms with Crippen molar-refractivity contribution in [1.82, 2.24) is 9.88 Å². The summed E-state index contributed by atoms with van der Waals surface area (Å²) in [4.78, 5) is 37.2. The number of para-hydroxylation sites is 1. The molecule has 5 N–H and O–H groups in total. The van der Waals surface area contributed by atoms with E-state index in [0.717, 1.165) is 37.5 Å². The Morgan fingerprint density at radius 1 is 1.06 bits per heavy atom. The third kappa shape index (κ3) is 9.25. The number of rotatable bonds is 10. The van der Waals surface area contributed by atoms with Crippen LogP contribution in [0.2, 0.25) is 0 Å². The molecule has 2 atom stereocenters. The molecule has 1 saturated heterocycles. The van der Waals surface area contributed by atoms with Gasteiger partial charge in [-0.2, -0.15) is 0 Å². The molecule has 11 nitrogen and oxygen atoms in total. The first-order chi connectivity index (χ1) is 17.0. The number of benzene rings is 1. The van der Waals surface area contributed by atoms with Gasteiger partial charge in [0.2, 0.25) is 0 Å². The van der Waals surface area contributed by atoms with Gasteiger partial charge in [-0.1, -0.05) is 31.2 Å². The highest BCUT2D eigenvalue weighted by Gasteiger charge is 2.40. The standard InChI is InChI=1S/C19H24N2O2.C6H8O7/c1-15-12-21(11-9-18(15)22)13-16-6-2-3-8-19(16)23-14-17-7-4-5-10-20-17;7-3(8)1-6(13,5(11)12)2-4(9)10/h2-8,10,15,18,22H,9,11-14H2,1H3;13H,1-2H2,(H,7,8)(H,9,10)(H,11,12). The fourth-order valence-electron chi connectivity index (χ4n) is 3.73. The third-order valence-corrected chi connectivity index (χ3v) is 5.70. The Balaban J connectivity index is 0.000000302. The van der Waals surface area contributed by atoms with E-state index in [1.54, 1.807) is 6.20 Å². The molecule has 0 saturated carbocycles. The molecule has 0 bridgehead atoms. The fraction of sp³-hybridized carbons (Fsp3) is 0.440. The third-order valence-electron chi connectivity index (χ3n) is 5.70. The zero-order chi connectivity index (χ0) is 26.7. The van der Waals surface area contributed by atoms with Crippen LogP contribution in [0.4, 0.5) is 0 Å². The summed E-state index contributed by atoms with van der Waals surface area (Å²) in [5.74, 6) is -3.78. The maximum Gasteiger partial charge on any atom is 0.336 e. The first-order valence-electron chi connectivity index (χ1n) is 11.4. The van der Waals surface area contributed by atoms with Gasteiger partial charge < -0.3 is 30.3 Å². The van der Waals surface area contributed by atoms with E-state index in [-0.39, 0.29) is 6.10 Å². The minimum atomic E-state index is -2.74. The molecule has 1 aromatic heterocycles. The largest absolute Gasteiger partial charge is 0.487 e. The molecule has 1 aliphatic heterocycles. The minimum Gasteiger partial charge on any atom is -0.487 e. The molecular weight excluding hydrogens is 472 g/mol. The van der Waals surface area contributed by atoms with E-state index in [2.05, 4.69) is 22.9 Å². The second kappa shape index (κ2) is 13.5. The van der Waals surface area contributed by atoms with Gasteiger partial charge in [0.25, 0.3) is 0 Å². The number of pyridine rings is 1. The zero-order valence-corrected chi connectivity index (χ0v) is 20.0. The summed E-state index contributed by atoms with van der Waals surface area (Å²) < 4.78 is 5.97. The first kappa shape index (κ1) is 28.7. The summed E-state index contributed by atoms with van der Waals surface area (Å²) in [7, 11) is 0. The second-order valence-corrected chi connectivity index (χ2v) is 8.76. The molecule has 0 aliphatic carbocycles. The molecule has 1 fully saturated rings. The molecule has 11 heteroatoms. The smallest absolute Gasteiger partial charge is 0.336 e. The van der Waals surface area contributed by atoms with Crippen molar-refractivity contribution in [3.63, 3.8) is 0 Å². The molecule has 0 radical (unpaired) electrons. The van der Waals surface area contributed by atoms with E-state index in [9.17, 15) is 19.5 Å². The average Bonchev–Trinajstić information content (AvgIpc) is 2.81. The van der Waals surface area contributed by atoms with E-state index in [0.29, 0.717) is 12.5 Å². The average molecular weight is 505 g/mol. The number of carboxylic acids is 3. The van der Waals surface area contributed by atoms with E-state index >= 15 is 0 Å². The number of aliphatic hydroxyl groups excluding tert-OH is 1. The summed E-state index contributed by atoms with van der Waals surface area (Å²) in [6.07, 6.45) is 0.175. The monoisotopic (exact) mass is 504 g/mol. The molecule has 196 valence electrons.